The number of aliphatic hydroxyl groups excluding tert-OH is 1. The van der Waals surface area contributed by atoms with Gasteiger partial charge in [-0.2, -0.15) is 4.98 Å². The first-order valence-electron chi connectivity index (χ1n) is 6.45. The third-order valence-electron chi connectivity index (χ3n) is 3.55. The van der Waals surface area contributed by atoms with Gasteiger partial charge in [-0.25, -0.2) is 0 Å². The van der Waals surface area contributed by atoms with E-state index in [0.717, 1.165) is 5.56 Å². The molecule has 1 fully saturated rings. The lowest BCUT2D eigenvalue weighted by Gasteiger charge is -2.27. The Morgan fingerprint density at radius 3 is 2.60 bits per heavy atom. The van der Waals surface area contributed by atoms with Crippen molar-refractivity contribution < 1.29 is 19.1 Å². The van der Waals surface area contributed by atoms with E-state index in [1.54, 1.807) is 20.3 Å². The fourth-order valence-electron chi connectivity index (χ4n) is 2.28. The second kappa shape index (κ2) is 5.13. The molecule has 20 heavy (non-hydrogen) atoms. The summed E-state index contributed by atoms with van der Waals surface area (Å²) in [5, 5.41) is 13.3. The van der Waals surface area contributed by atoms with Gasteiger partial charge < -0.3 is 19.1 Å². The molecular formula is C14H16N2O4. The zero-order valence-electron chi connectivity index (χ0n) is 11.4. The van der Waals surface area contributed by atoms with Crippen molar-refractivity contribution in [3.63, 3.8) is 0 Å². The Morgan fingerprint density at radius 1 is 1.20 bits per heavy atom. The van der Waals surface area contributed by atoms with Gasteiger partial charge in [0.25, 0.3) is 0 Å². The molecule has 0 amide bonds. The van der Waals surface area contributed by atoms with Crippen molar-refractivity contribution in [2.24, 2.45) is 0 Å². The van der Waals surface area contributed by atoms with Crippen LogP contribution >= 0.6 is 0 Å². The maximum atomic E-state index is 9.31. The molecule has 1 aliphatic carbocycles. The van der Waals surface area contributed by atoms with Crippen molar-refractivity contribution in [1.29, 1.82) is 0 Å². The number of rotatable bonds is 4. The van der Waals surface area contributed by atoms with E-state index >= 15 is 0 Å². The first kappa shape index (κ1) is 12.9. The van der Waals surface area contributed by atoms with Crippen molar-refractivity contribution in [3.05, 3.63) is 24.1 Å². The smallest absolute Gasteiger partial charge is 0.230 e. The van der Waals surface area contributed by atoms with E-state index in [-0.39, 0.29) is 12.0 Å². The van der Waals surface area contributed by atoms with E-state index in [2.05, 4.69) is 10.1 Å². The minimum absolute atomic E-state index is 0.173. The highest BCUT2D eigenvalue weighted by Gasteiger charge is 2.33. The predicted molar refractivity (Wildman–Crippen MR) is 70.8 cm³/mol. The van der Waals surface area contributed by atoms with Crippen LogP contribution in [0.15, 0.2) is 22.7 Å². The van der Waals surface area contributed by atoms with Crippen LogP contribution in [-0.2, 0) is 0 Å². The topological polar surface area (TPSA) is 77.6 Å². The van der Waals surface area contributed by atoms with Gasteiger partial charge in [0, 0.05) is 11.5 Å². The number of aliphatic hydroxyl groups is 1. The van der Waals surface area contributed by atoms with Crippen LogP contribution in [0.4, 0.5) is 0 Å². The lowest BCUT2D eigenvalue weighted by Crippen LogP contribution is -2.26. The van der Waals surface area contributed by atoms with E-state index in [0.29, 0.717) is 36.1 Å². The molecule has 0 spiro atoms. The number of nitrogens with zero attached hydrogens (tertiary/aromatic N) is 2. The first-order valence-corrected chi connectivity index (χ1v) is 6.45. The Bertz CT molecular complexity index is 605. The molecule has 0 bridgehead atoms. The maximum absolute atomic E-state index is 9.31. The van der Waals surface area contributed by atoms with Crippen molar-refractivity contribution in [1.82, 2.24) is 10.1 Å². The number of methoxy groups -OCH3 is 2. The summed E-state index contributed by atoms with van der Waals surface area (Å²) in [5.74, 6) is 2.55. The number of aromatic nitrogens is 2. The van der Waals surface area contributed by atoms with Crippen LogP contribution in [0.5, 0.6) is 11.5 Å². The zero-order valence-corrected chi connectivity index (χ0v) is 11.4. The molecule has 1 aromatic heterocycles. The van der Waals surface area contributed by atoms with Crippen LogP contribution in [0.25, 0.3) is 11.4 Å². The number of ether oxygens (including phenoxy) is 2. The van der Waals surface area contributed by atoms with Crippen molar-refractivity contribution in [2.75, 3.05) is 14.2 Å². The van der Waals surface area contributed by atoms with Gasteiger partial charge in [-0.3, -0.25) is 0 Å². The van der Waals surface area contributed by atoms with Gasteiger partial charge in [-0.15, -0.1) is 0 Å². The molecule has 3 rings (SSSR count). The molecule has 6 nitrogen and oxygen atoms in total. The second-order valence-corrected chi connectivity index (χ2v) is 4.85. The molecule has 1 N–H and O–H groups in total. The monoisotopic (exact) mass is 276 g/mol. The van der Waals surface area contributed by atoms with Crippen LogP contribution in [0.2, 0.25) is 0 Å². The molecular weight excluding hydrogens is 260 g/mol. The lowest BCUT2D eigenvalue weighted by atomic mass is 9.82. The SMILES string of the molecule is COc1ccc(-c2noc(C3CC(O)C3)n2)cc1OC. The van der Waals surface area contributed by atoms with Gasteiger partial charge in [0.05, 0.1) is 20.3 Å². The Kier molecular flexibility index (Phi) is 3.31. The number of hydrogen-bond donors (Lipinski definition) is 1. The molecule has 0 aliphatic heterocycles. The standard InChI is InChI=1S/C14H16N2O4/c1-18-11-4-3-8(7-12(11)19-2)13-15-14(20-16-13)9-5-10(17)6-9/h3-4,7,9-10,17H,5-6H2,1-2H3. The quantitative estimate of drug-likeness (QED) is 0.920. The normalized spacial score (nSPS) is 21.4. The van der Waals surface area contributed by atoms with Crippen molar-refractivity contribution in [2.45, 2.75) is 24.9 Å². The van der Waals surface area contributed by atoms with E-state index in [1.807, 2.05) is 12.1 Å². The largest absolute Gasteiger partial charge is 0.493 e. The van der Waals surface area contributed by atoms with Gasteiger partial charge in [0.15, 0.2) is 11.5 Å². The highest BCUT2D eigenvalue weighted by atomic mass is 16.5. The van der Waals surface area contributed by atoms with Gasteiger partial charge in [0.2, 0.25) is 11.7 Å². The first-order chi connectivity index (χ1) is 9.71. The molecule has 6 heteroatoms. The summed E-state index contributed by atoms with van der Waals surface area (Å²) < 4.78 is 15.7. The summed E-state index contributed by atoms with van der Waals surface area (Å²) in [5.41, 5.74) is 0.803. The Morgan fingerprint density at radius 2 is 1.95 bits per heavy atom. The summed E-state index contributed by atoms with van der Waals surface area (Å²) in [6.07, 6.45) is 1.14. The minimum Gasteiger partial charge on any atom is -0.493 e. The third kappa shape index (κ3) is 2.22. The summed E-state index contributed by atoms with van der Waals surface area (Å²) >= 11 is 0. The van der Waals surface area contributed by atoms with Crippen molar-refractivity contribution in [3.8, 4) is 22.9 Å². The molecule has 1 heterocycles. The average molecular weight is 276 g/mol. The van der Waals surface area contributed by atoms with E-state index in [9.17, 15) is 5.11 Å². The molecule has 1 aromatic carbocycles. The fourth-order valence-corrected chi connectivity index (χ4v) is 2.28. The van der Waals surface area contributed by atoms with Gasteiger partial charge >= 0.3 is 0 Å². The van der Waals surface area contributed by atoms with Crippen LogP contribution < -0.4 is 9.47 Å². The summed E-state index contributed by atoms with van der Waals surface area (Å²) in [7, 11) is 3.17. The van der Waals surface area contributed by atoms with Gasteiger partial charge in [-0.1, -0.05) is 5.16 Å². The Hall–Kier alpha value is -2.08. The highest BCUT2D eigenvalue weighted by Crippen LogP contribution is 2.37. The van der Waals surface area contributed by atoms with Crippen LogP contribution in [0, 0.1) is 0 Å². The summed E-state index contributed by atoms with van der Waals surface area (Å²) in [6, 6.07) is 5.46. The van der Waals surface area contributed by atoms with Crippen LogP contribution in [-0.4, -0.2) is 35.6 Å². The number of benzene rings is 1. The summed E-state index contributed by atoms with van der Waals surface area (Å²) in [6.45, 7) is 0. The molecule has 0 saturated heterocycles. The van der Waals surface area contributed by atoms with E-state index < -0.39 is 0 Å². The van der Waals surface area contributed by atoms with Gasteiger partial charge in [0.1, 0.15) is 0 Å². The molecule has 0 atom stereocenters. The van der Waals surface area contributed by atoms with E-state index in [1.165, 1.54) is 0 Å². The number of hydrogen-bond acceptors (Lipinski definition) is 6. The molecule has 0 radical (unpaired) electrons. The Labute approximate surface area is 116 Å². The maximum Gasteiger partial charge on any atom is 0.230 e. The second-order valence-electron chi connectivity index (χ2n) is 4.85. The molecule has 0 unspecified atom stereocenters. The summed E-state index contributed by atoms with van der Waals surface area (Å²) in [4.78, 5) is 4.38. The van der Waals surface area contributed by atoms with Crippen LogP contribution in [0.1, 0.15) is 24.7 Å². The molecule has 1 aliphatic rings. The fraction of sp³-hybridized carbons (Fsp3) is 0.429. The third-order valence-corrected chi connectivity index (χ3v) is 3.55. The van der Waals surface area contributed by atoms with E-state index in [4.69, 9.17) is 14.0 Å². The molecule has 106 valence electrons. The predicted octanol–water partition coefficient (Wildman–Crippen LogP) is 1.99. The van der Waals surface area contributed by atoms with Gasteiger partial charge in [-0.05, 0) is 31.0 Å². The average Bonchev–Trinajstić information content (AvgIpc) is 2.92. The molecule has 1 saturated carbocycles. The minimum atomic E-state index is -0.239. The molecule has 2 aromatic rings. The van der Waals surface area contributed by atoms with Crippen LogP contribution in [0.3, 0.4) is 0 Å². The Balaban J connectivity index is 1.85. The lowest BCUT2D eigenvalue weighted by molar-refractivity contribution is 0.0625. The zero-order chi connectivity index (χ0) is 14.1. The van der Waals surface area contributed by atoms with Crippen molar-refractivity contribution >= 4 is 0 Å². The highest BCUT2D eigenvalue weighted by molar-refractivity contribution is 5.60.